The van der Waals surface area contributed by atoms with Crippen LogP contribution in [0, 0.1) is 11.3 Å². The molecule has 2 atom stereocenters. The molecular weight excluding hydrogens is 186 g/mol. The molecule has 0 fully saturated rings. The Morgan fingerprint density at radius 2 is 2.13 bits per heavy atom. The third kappa shape index (κ3) is 4.80. The molecule has 0 aromatic heterocycles. The van der Waals surface area contributed by atoms with E-state index < -0.39 is 0 Å². The summed E-state index contributed by atoms with van der Waals surface area (Å²) in [5.74, 6) is 0.766. The summed E-state index contributed by atoms with van der Waals surface area (Å²) in [6, 6.07) is 0. The average Bonchev–Trinajstić information content (AvgIpc) is 2.18. The number of hydrogen-bond acceptors (Lipinski definition) is 2. The lowest BCUT2D eigenvalue weighted by Gasteiger charge is -2.27. The van der Waals surface area contributed by atoms with Crippen LogP contribution < -0.4 is 5.32 Å². The number of aliphatic hydroxyl groups excluding tert-OH is 1. The maximum atomic E-state index is 9.84. The molecule has 0 saturated heterocycles. The molecule has 1 aliphatic rings. The fourth-order valence-electron chi connectivity index (χ4n) is 1.77. The summed E-state index contributed by atoms with van der Waals surface area (Å²) in [6.07, 6.45) is 7.98. The second-order valence-electron chi connectivity index (χ2n) is 5.69. The highest BCUT2D eigenvalue weighted by molar-refractivity contribution is 4.90. The van der Waals surface area contributed by atoms with Gasteiger partial charge in [-0.1, -0.05) is 32.9 Å². The monoisotopic (exact) mass is 211 g/mol. The standard InChI is InChI=1S/C13H25NO/c1-13(2,3)12(15)10-14-9-11-7-5-4-6-8-11/h4-5,11-12,14-15H,6-10H2,1-3H3/t11-,12-/m1/s1. The van der Waals surface area contributed by atoms with Crippen LogP contribution in [-0.4, -0.2) is 24.3 Å². The quantitative estimate of drug-likeness (QED) is 0.700. The number of aliphatic hydroxyl groups is 1. The van der Waals surface area contributed by atoms with E-state index in [1.165, 1.54) is 19.3 Å². The minimum absolute atomic E-state index is 0.0144. The Morgan fingerprint density at radius 1 is 1.40 bits per heavy atom. The van der Waals surface area contributed by atoms with E-state index >= 15 is 0 Å². The first-order valence-corrected chi connectivity index (χ1v) is 6.04. The third-order valence-electron chi connectivity index (χ3n) is 3.15. The van der Waals surface area contributed by atoms with Gasteiger partial charge in [-0.05, 0) is 37.1 Å². The smallest absolute Gasteiger partial charge is 0.0712 e. The Balaban J connectivity index is 2.13. The van der Waals surface area contributed by atoms with E-state index in [1.54, 1.807) is 0 Å². The van der Waals surface area contributed by atoms with Gasteiger partial charge in [0.25, 0.3) is 0 Å². The molecule has 2 heteroatoms. The molecule has 0 saturated carbocycles. The van der Waals surface area contributed by atoms with Crippen molar-refractivity contribution >= 4 is 0 Å². The summed E-state index contributed by atoms with van der Waals surface area (Å²) in [5, 5.41) is 13.2. The number of nitrogens with one attached hydrogen (secondary N) is 1. The van der Waals surface area contributed by atoms with Crippen LogP contribution in [0.2, 0.25) is 0 Å². The molecular formula is C13H25NO. The highest BCUT2D eigenvalue weighted by atomic mass is 16.3. The van der Waals surface area contributed by atoms with E-state index in [2.05, 4.69) is 38.2 Å². The van der Waals surface area contributed by atoms with Crippen LogP contribution >= 0.6 is 0 Å². The highest BCUT2D eigenvalue weighted by Crippen LogP contribution is 2.19. The molecule has 88 valence electrons. The normalized spacial score (nSPS) is 24.1. The van der Waals surface area contributed by atoms with Gasteiger partial charge >= 0.3 is 0 Å². The zero-order valence-corrected chi connectivity index (χ0v) is 10.3. The van der Waals surface area contributed by atoms with E-state index in [1.807, 2.05) is 0 Å². The highest BCUT2D eigenvalue weighted by Gasteiger charge is 2.21. The second-order valence-corrected chi connectivity index (χ2v) is 5.69. The molecule has 1 rings (SSSR count). The zero-order valence-electron chi connectivity index (χ0n) is 10.3. The lowest BCUT2D eigenvalue weighted by Crippen LogP contribution is -2.38. The van der Waals surface area contributed by atoms with Crippen molar-refractivity contribution in [2.75, 3.05) is 13.1 Å². The van der Waals surface area contributed by atoms with E-state index in [0.29, 0.717) is 6.54 Å². The number of rotatable bonds is 4. The molecule has 1 aliphatic carbocycles. The SMILES string of the molecule is CC(C)(C)[C@H](O)CNC[C@@H]1CC=CCC1. The third-order valence-corrected chi connectivity index (χ3v) is 3.15. The first-order valence-electron chi connectivity index (χ1n) is 6.04. The Bertz CT molecular complexity index is 205. The topological polar surface area (TPSA) is 32.3 Å². The van der Waals surface area contributed by atoms with Gasteiger partial charge in [-0.15, -0.1) is 0 Å². The van der Waals surface area contributed by atoms with Crippen molar-refractivity contribution in [2.45, 2.75) is 46.1 Å². The maximum Gasteiger partial charge on any atom is 0.0712 e. The van der Waals surface area contributed by atoms with Gasteiger partial charge in [0.15, 0.2) is 0 Å². The lowest BCUT2D eigenvalue weighted by molar-refractivity contribution is 0.0621. The first-order chi connectivity index (χ1) is 7.00. The Morgan fingerprint density at radius 3 is 2.67 bits per heavy atom. The van der Waals surface area contributed by atoms with E-state index in [4.69, 9.17) is 0 Å². The molecule has 0 radical (unpaired) electrons. The summed E-state index contributed by atoms with van der Waals surface area (Å²) in [6.45, 7) is 7.97. The molecule has 0 aliphatic heterocycles. The van der Waals surface area contributed by atoms with Gasteiger partial charge in [-0.2, -0.15) is 0 Å². The maximum absolute atomic E-state index is 9.84. The van der Waals surface area contributed by atoms with Crippen LogP contribution in [0.4, 0.5) is 0 Å². The van der Waals surface area contributed by atoms with E-state index in [-0.39, 0.29) is 11.5 Å². The molecule has 0 bridgehead atoms. The molecule has 0 heterocycles. The fraction of sp³-hybridized carbons (Fsp3) is 0.846. The van der Waals surface area contributed by atoms with Gasteiger partial charge in [0.05, 0.1) is 6.10 Å². The number of hydrogen-bond donors (Lipinski definition) is 2. The zero-order chi connectivity index (χ0) is 11.3. The summed E-state index contributed by atoms with van der Waals surface area (Å²) in [7, 11) is 0. The van der Waals surface area contributed by atoms with Crippen molar-refractivity contribution in [1.82, 2.24) is 5.32 Å². The van der Waals surface area contributed by atoms with Crippen molar-refractivity contribution < 1.29 is 5.11 Å². The lowest BCUT2D eigenvalue weighted by atomic mass is 9.89. The Hall–Kier alpha value is -0.340. The minimum Gasteiger partial charge on any atom is -0.391 e. The molecule has 0 amide bonds. The first kappa shape index (κ1) is 12.7. The van der Waals surface area contributed by atoms with Gasteiger partial charge in [0.2, 0.25) is 0 Å². The molecule has 0 unspecified atom stereocenters. The van der Waals surface area contributed by atoms with Crippen molar-refractivity contribution in [3.8, 4) is 0 Å². The Labute approximate surface area is 93.8 Å². The van der Waals surface area contributed by atoms with Crippen LogP contribution in [0.25, 0.3) is 0 Å². The summed E-state index contributed by atoms with van der Waals surface area (Å²) >= 11 is 0. The minimum atomic E-state index is -0.253. The molecule has 0 spiro atoms. The van der Waals surface area contributed by atoms with Crippen LogP contribution in [0.1, 0.15) is 40.0 Å². The predicted molar refractivity (Wildman–Crippen MR) is 64.8 cm³/mol. The molecule has 0 aromatic carbocycles. The average molecular weight is 211 g/mol. The van der Waals surface area contributed by atoms with Gasteiger partial charge < -0.3 is 10.4 Å². The van der Waals surface area contributed by atoms with Crippen LogP contribution in [-0.2, 0) is 0 Å². The van der Waals surface area contributed by atoms with Gasteiger partial charge in [0.1, 0.15) is 0 Å². The van der Waals surface area contributed by atoms with Crippen molar-refractivity contribution in [2.24, 2.45) is 11.3 Å². The molecule has 2 nitrogen and oxygen atoms in total. The van der Waals surface area contributed by atoms with Gasteiger partial charge in [0, 0.05) is 6.54 Å². The molecule has 0 aromatic rings. The van der Waals surface area contributed by atoms with Gasteiger partial charge in [-0.3, -0.25) is 0 Å². The van der Waals surface area contributed by atoms with E-state index in [9.17, 15) is 5.11 Å². The Kier molecular flexibility index (Phi) is 4.81. The summed E-state index contributed by atoms with van der Waals surface area (Å²) in [4.78, 5) is 0. The van der Waals surface area contributed by atoms with Crippen LogP contribution in [0.3, 0.4) is 0 Å². The summed E-state index contributed by atoms with van der Waals surface area (Å²) < 4.78 is 0. The van der Waals surface area contributed by atoms with Crippen molar-refractivity contribution in [3.05, 3.63) is 12.2 Å². The van der Waals surface area contributed by atoms with Crippen LogP contribution in [0.15, 0.2) is 12.2 Å². The fourth-order valence-corrected chi connectivity index (χ4v) is 1.77. The number of allylic oxidation sites excluding steroid dienone is 2. The van der Waals surface area contributed by atoms with Crippen molar-refractivity contribution in [1.29, 1.82) is 0 Å². The van der Waals surface area contributed by atoms with Crippen molar-refractivity contribution in [3.63, 3.8) is 0 Å². The van der Waals surface area contributed by atoms with E-state index in [0.717, 1.165) is 12.5 Å². The van der Waals surface area contributed by atoms with Crippen LogP contribution in [0.5, 0.6) is 0 Å². The molecule has 15 heavy (non-hydrogen) atoms. The largest absolute Gasteiger partial charge is 0.391 e. The predicted octanol–water partition coefficient (Wildman–Crippen LogP) is 2.34. The summed E-state index contributed by atoms with van der Waals surface area (Å²) in [5.41, 5.74) is -0.0144. The molecule has 2 N–H and O–H groups in total. The van der Waals surface area contributed by atoms with Gasteiger partial charge in [-0.25, -0.2) is 0 Å². The second kappa shape index (κ2) is 5.66.